The quantitative estimate of drug-likeness (QED) is 0.443. The third-order valence-electron chi connectivity index (χ3n) is 5.99. The Kier molecular flexibility index (Phi) is 5.93. The standard InChI is InChI=1S/C23H28N10O/c1-30(2)10-9-21(34)32-11-8-18(15-32)26-23-24-13-20-22(27-23)33(29-28-20)19-6-4-16(5-7-19)17-12-25-31(3)14-17/h4-7,12-14,18H,8-11,15H2,1-3H3,(H,24,26,27)/t18-/m1/s1. The average molecular weight is 461 g/mol. The molecule has 0 unspecified atom stereocenters. The number of benzene rings is 1. The van der Waals surface area contributed by atoms with Gasteiger partial charge in [0, 0.05) is 50.9 Å². The summed E-state index contributed by atoms with van der Waals surface area (Å²) in [7, 11) is 5.85. The van der Waals surface area contributed by atoms with Crippen molar-refractivity contribution < 1.29 is 4.79 Å². The summed E-state index contributed by atoms with van der Waals surface area (Å²) in [5.41, 5.74) is 4.23. The van der Waals surface area contributed by atoms with Gasteiger partial charge in [0.2, 0.25) is 11.9 Å². The van der Waals surface area contributed by atoms with Gasteiger partial charge in [-0.1, -0.05) is 17.3 Å². The van der Waals surface area contributed by atoms with Gasteiger partial charge in [0.1, 0.15) is 0 Å². The van der Waals surface area contributed by atoms with Gasteiger partial charge >= 0.3 is 0 Å². The SMILES string of the molecule is CN(C)CCC(=O)N1CC[C@@H](Nc2ncc3nnn(-c4ccc(-c5cnn(C)c5)cc4)c3n2)C1. The normalized spacial score (nSPS) is 16.0. The van der Waals surface area contributed by atoms with Crippen LogP contribution in [-0.2, 0) is 11.8 Å². The molecule has 0 radical (unpaired) electrons. The number of amides is 1. The average Bonchev–Trinajstić information content (AvgIpc) is 3.57. The minimum Gasteiger partial charge on any atom is -0.350 e. The lowest BCUT2D eigenvalue weighted by molar-refractivity contribution is -0.130. The summed E-state index contributed by atoms with van der Waals surface area (Å²) in [5.74, 6) is 0.696. The summed E-state index contributed by atoms with van der Waals surface area (Å²) in [5, 5.41) is 16.1. The largest absolute Gasteiger partial charge is 0.350 e. The lowest BCUT2D eigenvalue weighted by Gasteiger charge is -2.18. The van der Waals surface area contributed by atoms with Crippen LogP contribution < -0.4 is 5.32 Å². The van der Waals surface area contributed by atoms with Gasteiger partial charge in [0.25, 0.3) is 0 Å². The maximum atomic E-state index is 12.4. The highest BCUT2D eigenvalue weighted by atomic mass is 16.2. The molecule has 176 valence electrons. The molecule has 0 bridgehead atoms. The molecule has 1 aromatic carbocycles. The predicted molar refractivity (Wildman–Crippen MR) is 128 cm³/mol. The molecular formula is C23H28N10O. The Labute approximate surface area is 197 Å². The molecular weight excluding hydrogens is 432 g/mol. The molecule has 11 heteroatoms. The van der Waals surface area contributed by atoms with E-state index in [1.807, 2.05) is 67.6 Å². The van der Waals surface area contributed by atoms with Crippen molar-refractivity contribution in [3.05, 3.63) is 42.9 Å². The predicted octanol–water partition coefficient (Wildman–Crippen LogP) is 1.58. The van der Waals surface area contributed by atoms with Crippen molar-refractivity contribution in [2.45, 2.75) is 18.9 Å². The van der Waals surface area contributed by atoms with E-state index in [0.29, 0.717) is 30.1 Å². The van der Waals surface area contributed by atoms with E-state index < -0.39 is 0 Å². The highest BCUT2D eigenvalue weighted by molar-refractivity contribution is 5.77. The van der Waals surface area contributed by atoms with Crippen LogP contribution in [0.25, 0.3) is 28.0 Å². The van der Waals surface area contributed by atoms with E-state index in [1.54, 1.807) is 15.6 Å². The number of anilines is 1. The first-order valence-corrected chi connectivity index (χ1v) is 11.3. The number of hydrogen-bond acceptors (Lipinski definition) is 8. The highest BCUT2D eigenvalue weighted by Crippen LogP contribution is 2.22. The van der Waals surface area contributed by atoms with Gasteiger partial charge in [-0.05, 0) is 38.2 Å². The van der Waals surface area contributed by atoms with Gasteiger partial charge in [-0.3, -0.25) is 9.48 Å². The molecule has 0 aliphatic carbocycles. The summed E-state index contributed by atoms with van der Waals surface area (Å²) in [4.78, 5) is 25.4. The lowest BCUT2D eigenvalue weighted by Crippen LogP contribution is -2.33. The summed E-state index contributed by atoms with van der Waals surface area (Å²) in [6, 6.07) is 8.14. The maximum Gasteiger partial charge on any atom is 0.225 e. The number of likely N-dealkylation sites (tertiary alicyclic amines) is 1. The molecule has 4 aromatic rings. The van der Waals surface area contributed by atoms with E-state index in [9.17, 15) is 4.79 Å². The third-order valence-corrected chi connectivity index (χ3v) is 5.99. The molecule has 0 saturated carbocycles. The van der Waals surface area contributed by atoms with E-state index >= 15 is 0 Å². The second-order valence-electron chi connectivity index (χ2n) is 8.88. The van der Waals surface area contributed by atoms with Crippen molar-refractivity contribution in [3.8, 4) is 16.8 Å². The molecule has 4 heterocycles. The lowest BCUT2D eigenvalue weighted by atomic mass is 10.1. The van der Waals surface area contributed by atoms with Crippen LogP contribution in [0, 0.1) is 0 Å². The second-order valence-corrected chi connectivity index (χ2v) is 8.88. The van der Waals surface area contributed by atoms with Crippen LogP contribution in [0.4, 0.5) is 5.95 Å². The first-order chi connectivity index (χ1) is 16.5. The fraction of sp³-hybridized carbons (Fsp3) is 0.391. The van der Waals surface area contributed by atoms with E-state index in [1.165, 1.54) is 0 Å². The van der Waals surface area contributed by atoms with Crippen molar-refractivity contribution in [2.75, 3.05) is 39.0 Å². The van der Waals surface area contributed by atoms with Crippen LogP contribution in [0.2, 0.25) is 0 Å². The summed E-state index contributed by atoms with van der Waals surface area (Å²) < 4.78 is 3.49. The van der Waals surface area contributed by atoms with Crippen LogP contribution in [0.5, 0.6) is 0 Å². The molecule has 34 heavy (non-hydrogen) atoms. The Morgan fingerprint density at radius 1 is 1.18 bits per heavy atom. The Balaban J connectivity index is 1.29. The zero-order valence-electron chi connectivity index (χ0n) is 19.6. The molecule has 5 rings (SSSR count). The zero-order valence-corrected chi connectivity index (χ0v) is 19.6. The number of nitrogens with zero attached hydrogens (tertiary/aromatic N) is 9. The Morgan fingerprint density at radius 3 is 2.74 bits per heavy atom. The first kappa shape index (κ1) is 22.0. The number of aryl methyl sites for hydroxylation is 1. The van der Waals surface area contributed by atoms with Crippen LogP contribution in [0.3, 0.4) is 0 Å². The number of nitrogens with one attached hydrogen (secondary N) is 1. The minimum absolute atomic E-state index is 0.115. The molecule has 1 fully saturated rings. The van der Waals surface area contributed by atoms with Crippen LogP contribution in [-0.4, -0.2) is 90.2 Å². The van der Waals surface area contributed by atoms with Gasteiger partial charge in [0.05, 0.1) is 18.1 Å². The van der Waals surface area contributed by atoms with Crippen LogP contribution in [0.1, 0.15) is 12.8 Å². The van der Waals surface area contributed by atoms with E-state index in [-0.39, 0.29) is 11.9 Å². The fourth-order valence-corrected chi connectivity index (χ4v) is 4.10. The van der Waals surface area contributed by atoms with Crippen molar-refractivity contribution >= 4 is 23.0 Å². The molecule has 3 aromatic heterocycles. The molecule has 1 aliphatic heterocycles. The fourth-order valence-electron chi connectivity index (χ4n) is 4.10. The van der Waals surface area contributed by atoms with Crippen molar-refractivity contribution in [3.63, 3.8) is 0 Å². The van der Waals surface area contributed by atoms with E-state index in [0.717, 1.165) is 36.3 Å². The summed E-state index contributed by atoms with van der Waals surface area (Å²) >= 11 is 0. The molecule has 1 amide bonds. The van der Waals surface area contributed by atoms with Gasteiger partial charge < -0.3 is 15.1 Å². The zero-order chi connectivity index (χ0) is 23.7. The Bertz CT molecular complexity index is 1290. The molecule has 1 atom stereocenters. The van der Waals surface area contributed by atoms with Crippen LogP contribution in [0.15, 0.2) is 42.9 Å². The van der Waals surface area contributed by atoms with Crippen molar-refractivity contribution in [1.29, 1.82) is 0 Å². The van der Waals surface area contributed by atoms with Gasteiger partial charge in [0.15, 0.2) is 11.2 Å². The molecule has 1 saturated heterocycles. The number of carbonyl (C=O) groups is 1. The number of carbonyl (C=O) groups excluding carboxylic acids is 1. The Hall–Kier alpha value is -3.86. The number of hydrogen-bond donors (Lipinski definition) is 1. The number of rotatable bonds is 7. The third kappa shape index (κ3) is 4.60. The summed E-state index contributed by atoms with van der Waals surface area (Å²) in [6.45, 7) is 2.16. The van der Waals surface area contributed by atoms with Crippen molar-refractivity contribution in [2.24, 2.45) is 7.05 Å². The first-order valence-electron chi connectivity index (χ1n) is 11.3. The van der Waals surface area contributed by atoms with E-state index in [4.69, 9.17) is 0 Å². The number of aromatic nitrogens is 7. The van der Waals surface area contributed by atoms with Crippen LogP contribution >= 0.6 is 0 Å². The molecule has 1 N–H and O–H groups in total. The van der Waals surface area contributed by atoms with E-state index in [2.05, 4.69) is 30.7 Å². The molecule has 1 aliphatic rings. The Morgan fingerprint density at radius 2 is 2.00 bits per heavy atom. The maximum absolute atomic E-state index is 12.4. The summed E-state index contributed by atoms with van der Waals surface area (Å²) in [6.07, 6.45) is 6.89. The molecule has 11 nitrogen and oxygen atoms in total. The highest BCUT2D eigenvalue weighted by Gasteiger charge is 2.26. The van der Waals surface area contributed by atoms with Gasteiger partial charge in [-0.15, -0.1) is 5.10 Å². The van der Waals surface area contributed by atoms with Gasteiger partial charge in [-0.2, -0.15) is 14.8 Å². The second kappa shape index (κ2) is 9.18. The van der Waals surface area contributed by atoms with Gasteiger partial charge in [-0.25, -0.2) is 4.98 Å². The monoisotopic (exact) mass is 460 g/mol. The minimum atomic E-state index is 0.115. The number of fused-ring (bicyclic) bond motifs is 1. The molecule has 0 spiro atoms. The smallest absolute Gasteiger partial charge is 0.225 e. The van der Waals surface area contributed by atoms with Crippen molar-refractivity contribution in [1.82, 2.24) is 44.5 Å². The topological polar surface area (TPSA) is 110 Å².